The standard InChI is InChI=1S/C24H17ClFN3O/c1-14-23-19(9-10-27-14)21-12-16(25)11-20(24(21)29-23)15-5-7-18(8-6-15)30-13-17-3-2-4-22(26)28-17/h2-12,29H,13H2,1H3. The molecule has 0 saturated carbocycles. The molecule has 6 heteroatoms. The SMILES string of the molecule is Cc1nccc2c1[nH]c1c(-c3ccc(OCc4cccc(F)n4)cc3)cc(Cl)cc12. The molecule has 0 aliphatic heterocycles. The lowest BCUT2D eigenvalue weighted by atomic mass is 10.0. The second kappa shape index (κ2) is 7.43. The third kappa shape index (κ3) is 3.37. The van der Waals surface area contributed by atoms with Crippen molar-refractivity contribution in [1.29, 1.82) is 0 Å². The fourth-order valence-electron chi connectivity index (χ4n) is 3.67. The van der Waals surface area contributed by atoms with E-state index >= 15 is 0 Å². The number of nitrogens with one attached hydrogen (secondary N) is 1. The largest absolute Gasteiger partial charge is 0.487 e. The van der Waals surface area contributed by atoms with E-state index in [2.05, 4.69) is 15.0 Å². The quantitative estimate of drug-likeness (QED) is 0.341. The molecule has 0 amide bonds. The van der Waals surface area contributed by atoms with Crippen LogP contribution in [-0.4, -0.2) is 15.0 Å². The van der Waals surface area contributed by atoms with Crippen molar-refractivity contribution in [3.8, 4) is 16.9 Å². The second-order valence-corrected chi connectivity index (χ2v) is 7.52. The van der Waals surface area contributed by atoms with Gasteiger partial charge in [0.2, 0.25) is 5.95 Å². The van der Waals surface area contributed by atoms with Crippen molar-refractivity contribution in [2.45, 2.75) is 13.5 Å². The number of pyridine rings is 2. The summed E-state index contributed by atoms with van der Waals surface area (Å²) in [5.74, 6) is 0.167. The maximum atomic E-state index is 13.2. The van der Waals surface area contributed by atoms with E-state index in [4.69, 9.17) is 16.3 Å². The third-order valence-electron chi connectivity index (χ3n) is 5.11. The van der Waals surface area contributed by atoms with Crippen LogP contribution in [0.2, 0.25) is 5.02 Å². The first-order chi connectivity index (χ1) is 14.6. The number of nitrogens with zero attached hydrogens (tertiary/aromatic N) is 2. The molecule has 2 aromatic carbocycles. The Hall–Kier alpha value is -3.44. The van der Waals surface area contributed by atoms with E-state index in [0.717, 1.165) is 38.6 Å². The highest BCUT2D eigenvalue weighted by atomic mass is 35.5. The van der Waals surface area contributed by atoms with Gasteiger partial charge in [0, 0.05) is 27.6 Å². The van der Waals surface area contributed by atoms with E-state index in [1.54, 1.807) is 12.1 Å². The van der Waals surface area contributed by atoms with Crippen molar-refractivity contribution in [2.24, 2.45) is 0 Å². The van der Waals surface area contributed by atoms with Gasteiger partial charge in [0.15, 0.2) is 0 Å². The molecule has 0 radical (unpaired) electrons. The zero-order valence-electron chi connectivity index (χ0n) is 16.1. The second-order valence-electron chi connectivity index (χ2n) is 7.08. The van der Waals surface area contributed by atoms with Crippen molar-refractivity contribution < 1.29 is 9.13 Å². The van der Waals surface area contributed by atoms with Gasteiger partial charge < -0.3 is 9.72 Å². The predicted octanol–water partition coefficient (Wildman–Crippen LogP) is 6.46. The van der Waals surface area contributed by atoms with E-state index in [1.807, 2.05) is 55.6 Å². The first-order valence-electron chi connectivity index (χ1n) is 9.50. The molecule has 0 atom stereocenters. The zero-order chi connectivity index (χ0) is 20.7. The molecule has 0 unspecified atom stereocenters. The molecule has 5 aromatic rings. The molecule has 0 saturated heterocycles. The van der Waals surface area contributed by atoms with Crippen LogP contribution in [0, 0.1) is 12.9 Å². The van der Waals surface area contributed by atoms with Crippen LogP contribution in [0.1, 0.15) is 11.4 Å². The molecule has 30 heavy (non-hydrogen) atoms. The van der Waals surface area contributed by atoms with Gasteiger partial charge in [-0.2, -0.15) is 4.39 Å². The van der Waals surface area contributed by atoms with Gasteiger partial charge in [-0.15, -0.1) is 0 Å². The maximum absolute atomic E-state index is 13.2. The number of rotatable bonds is 4. The highest BCUT2D eigenvalue weighted by molar-refractivity contribution is 6.32. The Balaban J connectivity index is 1.49. The van der Waals surface area contributed by atoms with Gasteiger partial charge in [0.1, 0.15) is 12.4 Å². The molecule has 3 heterocycles. The molecule has 4 nitrogen and oxygen atoms in total. The molecule has 0 fully saturated rings. The van der Waals surface area contributed by atoms with Crippen LogP contribution < -0.4 is 4.74 Å². The molecule has 148 valence electrons. The summed E-state index contributed by atoms with van der Waals surface area (Å²) in [6.07, 6.45) is 1.81. The van der Waals surface area contributed by atoms with E-state index in [0.29, 0.717) is 16.5 Å². The van der Waals surface area contributed by atoms with Crippen LogP contribution in [0.25, 0.3) is 32.9 Å². The summed E-state index contributed by atoms with van der Waals surface area (Å²) in [6.45, 7) is 2.19. The van der Waals surface area contributed by atoms with Crippen LogP contribution in [0.15, 0.2) is 66.9 Å². The van der Waals surface area contributed by atoms with Gasteiger partial charge in [-0.1, -0.05) is 29.8 Å². The van der Waals surface area contributed by atoms with E-state index < -0.39 is 5.95 Å². The minimum absolute atomic E-state index is 0.201. The molecule has 0 aliphatic rings. The number of fused-ring (bicyclic) bond motifs is 3. The minimum atomic E-state index is -0.514. The first kappa shape index (κ1) is 18.6. The number of aryl methyl sites for hydroxylation is 1. The lowest BCUT2D eigenvalue weighted by Crippen LogP contribution is -1.99. The highest BCUT2D eigenvalue weighted by Crippen LogP contribution is 2.36. The fraction of sp³-hybridized carbons (Fsp3) is 0.0833. The summed E-state index contributed by atoms with van der Waals surface area (Å²) in [6, 6.07) is 18.3. The summed E-state index contributed by atoms with van der Waals surface area (Å²) in [7, 11) is 0. The monoisotopic (exact) mass is 417 g/mol. The van der Waals surface area contributed by atoms with Crippen LogP contribution in [0.3, 0.4) is 0 Å². The molecule has 5 rings (SSSR count). The Labute approximate surface area is 177 Å². The van der Waals surface area contributed by atoms with E-state index in [9.17, 15) is 4.39 Å². The first-order valence-corrected chi connectivity index (χ1v) is 9.87. The molecule has 0 aliphatic carbocycles. The average Bonchev–Trinajstić information content (AvgIpc) is 3.12. The number of aromatic amines is 1. The smallest absolute Gasteiger partial charge is 0.213 e. The molecular weight excluding hydrogens is 401 g/mol. The lowest BCUT2D eigenvalue weighted by Gasteiger charge is -2.09. The van der Waals surface area contributed by atoms with E-state index in [1.165, 1.54) is 6.07 Å². The van der Waals surface area contributed by atoms with E-state index in [-0.39, 0.29) is 6.61 Å². The summed E-state index contributed by atoms with van der Waals surface area (Å²) in [4.78, 5) is 11.7. The fourth-order valence-corrected chi connectivity index (χ4v) is 3.89. The van der Waals surface area contributed by atoms with Gasteiger partial charge in [-0.25, -0.2) is 4.98 Å². The molecule has 1 N–H and O–H groups in total. The molecule has 0 bridgehead atoms. The topological polar surface area (TPSA) is 50.8 Å². The average molecular weight is 418 g/mol. The van der Waals surface area contributed by atoms with Gasteiger partial charge in [-0.3, -0.25) is 4.98 Å². The number of H-pyrrole nitrogens is 1. The Morgan fingerprint density at radius 3 is 2.63 bits per heavy atom. The number of hydrogen-bond donors (Lipinski definition) is 1. The van der Waals surface area contributed by atoms with Crippen LogP contribution in [-0.2, 0) is 6.61 Å². The van der Waals surface area contributed by atoms with Gasteiger partial charge >= 0.3 is 0 Å². The van der Waals surface area contributed by atoms with Gasteiger partial charge in [0.05, 0.1) is 22.4 Å². The minimum Gasteiger partial charge on any atom is -0.487 e. The van der Waals surface area contributed by atoms with Crippen molar-refractivity contribution in [2.75, 3.05) is 0 Å². The summed E-state index contributed by atoms with van der Waals surface area (Å²) in [5, 5.41) is 2.84. The molecular formula is C24H17ClFN3O. The number of halogens is 2. The Bertz CT molecular complexity index is 1380. The normalized spacial score (nSPS) is 11.3. The molecule has 3 aromatic heterocycles. The van der Waals surface area contributed by atoms with Crippen LogP contribution in [0.4, 0.5) is 4.39 Å². The number of benzene rings is 2. The zero-order valence-corrected chi connectivity index (χ0v) is 16.9. The maximum Gasteiger partial charge on any atom is 0.213 e. The van der Waals surface area contributed by atoms with Gasteiger partial charge in [-0.05, 0) is 55.0 Å². The highest BCUT2D eigenvalue weighted by Gasteiger charge is 2.13. The predicted molar refractivity (Wildman–Crippen MR) is 117 cm³/mol. The summed E-state index contributed by atoms with van der Waals surface area (Å²) >= 11 is 6.44. The number of hydrogen-bond acceptors (Lipinski definition) is 3. The Morgan fingerprint density at radius 2 is 1.83 bits per heavy atom. The third-order valence-corrected chi connectivity index (χ3v) is 5.33. The van der Waals surface area contributed by atoms with Crippen molar-refractivity contribution in [1.82, 2.24) is 15.0 Å². The van der Waals surface area contributed by atoms with Crippen LogP contribution >= 0.6 is 11.6 Å². The molecule has 0 spiro atoms. The lowest BCUT2D eigenvalue weighted by molar-refractivity contribution is 0.299. The van der Waals surface area contributed by atoms with Crippen molar-refractivity contribution in [3.05, 3.63) is 89.2 Å². The number of ether oxygens (including phenoxy) is 1. The Kier molecular flexibility index (Phi) is 4.60. The Morgan fingerprint density at radius 1 is 1.00 bits per heavy atom. The van der Waals surface area contributed by atoms with Crippen LogP contribution in [0.5, 0.6) is 5.75 Å². The number of aromatic nitrogens is 3. The van der Waals surface area contributed by atoms with Gasteiger partial charge in [0.25, 0.3) is 0 Å². The van der Waals surface area contributed by atoms with Crippen molar-refractivity contribution in [3.63, 3.8) is 0 Å². The summed E-state index contributed by atoms with van der Waals surface area (Å²) < 4.78 is 19.0. The van der Waals surface area contributed by atoms with Crippen molar-refractivity contribution >= 4 is 33.4 Å². The summed E-state index contributed by atoms with van der Waals surface area (Å²) in [5.41, 5.74) is 5.53.